The molecule has 4 aliphatic rings. The molecule has 4 heteroatoms. The average molecular weight is 971 g/mol. The number of phenols is 2. The van der Waals surface area contributed by atoms with E-state index in [-0.39, 0.29) is 11.5 Å². The molecule has 0 aromatic heterocycles. The van der Waals surface area contributed by atoms with Crippen molar-refractivity contribution in [3.63, 3.8) is 0 Å². The molecule has 0 unspecified atom stereocenters. The van der Waals surface area contributed by atoms with Gasteiger partial charge in [0.05, 0.1) is 0 Å². The summed E-state index contributed by atoms with van der Waals surface area (Å²) in [6.45, 7) is 8.45. The van der Waals surface area contributed by atoms with Crippen molar-refractivity contribution >= 4 is 43.5 Å². The Morgan fingerprint density at radius 2 is 0.733 bits per heavy atom. The van der Waals surface area contributed by atoms with Crippen LogP contribution >= 0.6 is 0 Å². The van der Waals surface area contributed by atoms with Crippen molar-refractivity contribution in [3.8, 4) is 45.3 Å². The van der Waals surface area contributed by atoms with Crippen LogP contribution in [0.15, 0.2) is 237 Å². The maximum absolute atomic E-state index is 11.0. The zero-order valence-electron chi connectivity index (χ0n) is 42.3. The maximum Gasteiger partial charge on any atom is 0.179 e. The van der Waals surface area contributed by atoms with Gasteiger partial charge in [-0.05, 0) is 115 Å². The number of hydrogen-bond donors (Lipinski definition) is 2. The van der Waals surface area contributed by atoms with Crippen LogP contribution in [0.4, 0.5) is 0 Å². The van der Waals surface area contributed by atoms with Gasteiger partial charge in [-0.1, -0.05) is 216 Å². The number of ether oxygens (including phenoxy) is 2. The minimum atomic E-state index is -0.891. The first-order valence-electron chi connectivity index (χ1n) is 26.1. The number of aromatic hydroxyl groups is 2. The minimum absolute atomic E-state index is 0.221. The van der Waals surface area contributed by atoms with Gasteiger partial charge in [0, 0.05) is 54.9 Å². The van der Waals surface area contributed by atoms with Gasteiger partial charge in [0.15, 0.2) is 11.2 Å². The van der Waals surface area contributed by atoms with E-state index in [1.165, 1.54) is 16.3 Å². The average Bonchev–Trinajstić information content (AvgIpc) is 4.01. The molecule has 15 rings (SSSR count). The van der Waals surface area contributed by atoms with Gasteiger partial charge in [-0.15, -0.1) is 0 Å². The Morgan fingerprint density at radius 3 is 1.15 bits per heavy atom. The molecule has 4 nitrogen and oxygen atoms in total. The third kappa shape index (κ3) is 7.04. The summed E-state index contributed by atoms with van der Waals surface area (Å²) in [7, 11) is 0. The molecule has 2 heterocycles. The van der Waals surface area contributed by atoms with Gasteiger partial charge in [0.1, 0.15) is 23.0 Å². The number of benzene rings is 11. The summed E-state index contributed by atoms with van der Waals surface area (Å²) < 4.78 is 14.7. The Morgan fingerprint density at radius 1 is 0.347 bits per heavy atom. The smallest absolute Gasteiger partial charge is 0.179 e. The van der Waals surface area contributed by atoms with Crippen LogP contribution in [0.1, 0.15) is 83.7 Å². The third-order valence-corrected chi connectivity index (χ3v) is 15.6. The van der Waals surface area contributed by atoms with Crippen LogP contribution in [-0.4, -0.2) is 10.2 Å². The van der Waals surface area contributed by atoms with Gasteiger partial charge in [0.25, 0.3) is 0 Å². The van der Waals surface area contributed by atoms with Gasteiger partial charge in [-0.25, -0.2) is 0 Å². The molecule has 0 saturated heterocycles. The van der Waals surface area contributed by atoms with Crippen molar-refractivity contribution in [2.45, 2.75) is 44.8 Å². The Hall–Kier alpha value is -9.12. The summed E-state index contributed by atoms with van der Waals surface area (Å²) in [6.07, 6.45) is 4.60. The van der Waals surface area contributed by atoms with Gasteiger partial charge >= 0.3 is 0 Å². The molecule has 0 radical (unpaired) electrons. The molecule has 0 bridgehead atoms. The molecule has 2 aliphatic carbocycles. The van der Waals surface area contributed by atoms with E-state index >= 15 is 0 Å². The van der Waals surface area contributed by atoms with E-state index in [2.05, 4.69) is 202 Å². The SMILES string of the molecule is CC.CC(C)c1ccc2ccccc2c1.Oc1cccc2c3c(ccc12)C(c1ccc(C2=CC4(Oc5c2ccc2c(O)cccc52)c2ccccc2-c2ccccc24)cc1)=CC1(O3)c2ccccc2-c2ccccc21. The van der Waals surface area contributed by atoms with Crippen molar-refractivity contribution in [2.75, 3.05) is 0 Å². The lowest BCUT2D eigenvalue weighted by Gasteiger charge is -2.37. The number of rotatable bonds is 3. The van der Waals surface area contributed by atoms with Crippen LogP contribution < -0.4 is 9.47 Å². The Balaban J connectivity index is 0.000000313. The fourth-order valence-corrected chi connectivity index (χ4v) is 12.1. The summed E-state index contributed by atoms with van der Waals surface area (Å²) >= 11 is 0. The van der Waals surface area contributed by atoms with E-state index in [9.17, 15) is 10.2 Å². The zero-order chi connectivity index (χ0) is 51.0. The summed E-state index contributed by atoms with van der Waals surface area (Å²) in [6, 6.07) is 77.6. The summed E-state index contributed by atoms with van der Waals surface area (Å²) in [5, 5.41) is 27.9. The Bertz CT molecular complexity index is 3840. The van der Waals surface area contributed by atoms with Crippen LogP contribution in [0.25, 0.3) is 65.7 Å². The van der Waals surface area contributed by atoms with Crippen molar-refractivity contribution < 1.29 is 19.7 Å². The minimum Gasteiger partial charge on any atom is -0.507 e. The largest absolute Gasteiger partial charge is 0.507 e. The summed E-state index contributed by atoms with van der Waals surface area (Å²) in [5.41, 5.74) is 14.7. The third-order valence-electron chi connectivity index (χ3n) is 15.6. The molecule has 0 atom stereocenters. The molecule has 2 aliphatic heterocycles. The lowest BCUT2D eigenvalue weighted by molar-refractivity contribution is 0.167. The fourth-order valence-electron chi connectivity index (χ4n) is 12.1. The lowest BCUT2D eigenvalue weighted by atomic mass is 9.80. The molecule has 0 saturated carbocycles. The second kappa shape index (κ2) is 17.8. The first kappa shape index (κ1) is 45.7. The molecule has 2 N–H and O–H groups in total. The van der Waals surface area contributed by atoms with E-state index in [0.29, 0.717) is 5.92 Å². The zero-order valence-corrected chi connectivity index (χ0v) is 42.3. The molecular formula is C71H54O4. The molecule has 0 amide bonds. The second-order valence-corrected chi connectivity index (χ2v) is 19.9. The van der Waals surface area contributed by atoms with Crippen molar-refractivity contribution in [1.82, 2.24) is 0 Å². The highest BCUT2D eigenvalue weighted by Crippen LogP contribution is 2.59. The van der Waals surface area contributed by atoms with Crippen LogP contribution in [0.2, 0.25) is 0 Å². The van der Waals surface area contributed by atoms with Crippen LogP contribution in [0.5, 0.6) is 23.0 Å². The van der Waals surface area contributed by atoms with E-state index in [4.69, 9.17) is 9.47 Å². The van der Waals surface area contributed by atoms with Crippen LogP contribution in [0, 0.1) is 0 Å². The number of fused-ring (bicyclic) bond motifs is 17. The van der Waals surface area contributed by atoms with Gasteiger partial charge in [-0.2, -0.15) is 0 Å². The molecular weight excluding hydrogens is 917 g/mol. The second-order valence-electron chi connectivity index (χ2n) is 19.9. The highest BCUT2D eigenvalue weighted by molar-refractivity contribution is 6.03. The van der Waals surface area contributed by atoms with E-state index < -0.39 is 11.2 Å². The predicted molar refractivity (Wildman–Crippen MR) is 308 cm³/mol. The van der Waals surface area contributed by atoms with E-state index in [1.54, 1.807) is 12.1 Å². The van der Waals surface area contributed by atoms with Gasteiger partial charge in [-0.3, -0.25) is 0 Å². The highest BCUT2D eigenvalue weighted by atomic mass is 16.5. The summed E-state index contributed by atoms with van der Waals surface area (Å²) in [4.78, 5) is 0. The van der Waals surface area contributed by atoms with Gasteiger partial charge < -0.3 is 19.7 Å². The van der Waals surface area contributed by atoms with E-state index in [0.717, 1.165) is 111 Å². The topological polar surface area (TPSA) is 58.9 Å². The molecule has 0 fully saturated rings. The van der Waals surface area contributed by atoms with Gasteiger partial charge in [0.2, 0.25) is 0 Å². The summed E-state index contributed by atoms with van der Waals surface area (Å²) in [5.74, 6) is 2.55. The standard InChI is InChI=1S/C56H34O4.C13H14.C2H6/c57-51-21-9-15-41-39(51)27-29-43-45(31-55(59-53(41)43)47-17-5-1-11-35(47)36-12-2-6-18-48(36)55)33-23-25-34(26-24-33)46-32-56(49-19-7-3-13-37(49)38-14-4-8-20-50(38)56)60-54-42-16-10-22-52(58)40(42)28-30-44(46)54;1-10(2)12-8-7-11-5-3-4-6-13(11)9-12;1-2/h1-32,57-58H;3-10H,1-2H3;1-2H3. The lowest BCUT2D eigenvalue weighted by Crippen LogP contribution is -2.33. The number of hydrogen-bond acceptors (Lipinski definition) is 4. The fraction of sp³-hybridized carbons (Fsp3) is 0.0986. The highest BCUT2D eigenvalue weighted by Gasteiger charge is 2.49. The Labute approximate surface area is 437 Å². The normalized spacial score (nSPS) is 14.4. The first-order chi connectivity index (χ1) is 36.8. The van der Waals surface area contributed by atoms with Crippen LogP contribution in [-0.2, 0) is 11.2 Å². The predicted octanol–water partition coefficient (Wildman–Crippen LogP) is 17.9. The molecule has 75 heavy (non-hydrogen) atoms. The maximum atomic E-state index is 11.0. The first-order valence-corrected chi connectivity index (χ1v) is 26.1. The molecule has 11 aromatic carbocycles. The number of phenolic OH excluding ortho intramolecular Hbond substituents is 2. The van der Waals surface area contributed by atoms with Crippen LogP contribution in [0.3, 0.4) is 0 Å². The quantitative estimate of drug-likeness (QED) is 0.185. The molecule has 362 valence electrons. The van der Waals surface area contributed by atoms with Crippen molar-refractivity contribution in [1.29, 1.82) is 0 Å². The molecule has 11 aromatic rings. The monoisotopic (exact) mass is 970 g/mol. The van der Waals surface area contributed by atoms with Crippen molar-refractivity contribution in [3.05, 3.63) is 287 Å². The Kier molecular flexibility index (Phi) is 10.9. The van der Waals surface area contributed by atoms with Crippen molar-refractivity contribution in [2.24, 2.45) is 0 Å². The molecule has 2 spiro atoms. The van der Waals surface area contributed by atoms with E-state index in [1.807, 2.05) is 50.2 Å².